The fourth-order valence-corrected chi connectivity index (χ4v) is 3.20. The molecule has 1 fully saturated rings. The summed E-state index contributed by atoms with van der Waals surface area (Å²) in [5.74, 6) is 0.185. The van der Waals surface area contributed by atoms with Gasteiger partial charge in [-0.15, -0.1) is 0 Å². The molecule has 3 rings (SSSR count). The molecule has 1 N–H and O–H groups in total. The van der Waals surface area contributed by atoms with Gasteiger partial charge < -0.3 is 10.2 Å². The van der Waals surface area contributed by atoms with E-state index in [1.54, 1.807) is 0 Å². The predicted octanol–water partition coefficient (Wildman–Crippen LogP) is 2.00. The number of hydrogen-bond acceptors (Lipinski definition) is 3. The summed E-state index contributed by atoms with van der Waals surface area (Å²) in [6.45, 7) is 5.80. The minimum Gasteiger partial charge on any atom is -0.351 e. The second-order valence-electron chi connectivity index (χ2n) is 7.08. The molecular weight excluding hydrogens is 338 g/mol. The monoisotopic (exact) mass is 365 g/mol. The van der Waals surface area contributed by atoms with E-state index in [-0.39, 0.29) is 11.8 Å². The zero-order valence-electron chi connectivity index (χ0n) is 15.9. The van der Waals surface area contributed by atoms with Gasteiger partial charge in [-0.2, -0.15) is 0 Å². The summed E-state index contributed by atoms with van der Waals surface area (Å²) in [6.07, 6.45) is 0.442. The van der Waals surface area contributed by atoms with Gasteiger partial charge in [0.05, 0.1) is 13.0 Å². The maximum atomic E-state index is 12.5. The summed E-state index contributed by atoms with van der Waals surface area (Å²) in [5.41, 5.74) is 3.34. The van der Waals surface area contributed by atoms with Gasteiger partial charge in [-0.1, -0.05) is 60.2 Å². The summed E-state index contributed by atoms with van der Waals surface area (Å²) < 4.78 is 0. The summed E-state index contributed by atoms with van der Waals surface area (Å²) in [5, 5.41) is 2.96. The van der Waals surface area contributed by atoms with Crippen LogP contribution in [0, 0.1) is 6.92 Å². The number of aryl methyl sites for hydroxylation is 1. The molecule has 0 atom stereocenters. The molecular formula is C22H27N3O2. The van der Waals surface area contributed by atoms with E-state index in [9.17, 15) is 9.59 Å². The van der Waals surface area contributed by atoms with E-state index in [1.165, 1.54) is 5.56 Å². The standard InChI is InChI=1S/C22H27N3O2/c1-18-7-9-19(10-8-18)15-22(27)25-13-11-24(12-14-25)17-21(26)23-16-20-5-3-2-4-6-20/h2-10H,11-17H2,1H3,(H,23,26). The van der Waals surface area contributed by atoms with Crippen LogP contribution in [-0.2, 0) is 22.6 Å². The number of piperazine rings is 1. The van der Waals surface area contributed by atoms with Crippen molar-refractivity contribution in [1.82, 2.24) is 15.1 Å². The molecule has 1 saturated heterocycles. The molecule has 5 nitrogen and oxygen atoms in total. The first-order chi connectivity index (χ1) is 13.1. The summed E-state index contributed by atoms with van der Waals surface area (Å²) in [6, 6.07) is 18.0. The largest absolute Gasteiger partial charge is 0.351 e. The maximum Gasteiger partial charge on any atom is 0.234 e. The van der Waals surface area contributed by atoms with E-state index in [2.05, 4.69) is 10.2 Å². The molecule has 2 aromatic rings. The number of amides is 2. The summed E-state index contributed by atoms with van der Waals surface area (Å²) in [7, 11) is 0. The van der Waals surface area contributed by atoms with Crippen LogP contribution in [0.2, 0.25) is 0 Å². The van der Waals surface area contributed by atoms with Gasteiger partial charge >= 0.3 is 0 Å². The normalized spacial score (nSPS) is 14.8. The molecule has 0 saturated carbocycles. The van der Waals surface area contributed by atoms with Crippen molar-refractivity contribution in [2.75, 3.05) is 32.7 Å². The van der Waals surface area contributed by atoms with Gasteiger partial charge in [0.1, 0.15) is 0 Å². The highest BCUT2D eigenvalue weighted by molar-refractivity contribution is 5.79. The maximum absolute atomic E-state index is 12.5. The average Bonchev–Trinajstić information content (AvgIpc) is 2.69. The number of carbonyl (C=O) groups is 2. The zero-order chi connectivity index (χ0) is 19.1. The Labute approximate surface area is 161 Å². The van der Waals surface area contributed by atoms with Gasteiger partial charge in [-0.05, 0) is 18.1 Å². The lowest BCUT2D eigenvalue weighted by atomic mass is 10.1. The van der Waals surface area contributed by atoms with Crippen molar-refractivity contribution in [2.45, 2.75) is 19.9 Å². The van der Waals surface area contributed by atoms with E-state index >= 15 is 0 Å². The molecule has 0 spiro atoms. The van der Waals surface area contributed by atoms with Gasteiger partial charge in [-0.3, -0.25) is 14.5 Å². The fraction of sp³-hybridized carbons (Fsp3) is 0.364. The van der Waals surface area contributed by atoms with Crippen molar-refractivity contribution in [3.05, 3.63) is 71.3 Å². The number of nitrogens with zero attached hydrogens (tertiary/aromatic N) is 2. The number of benzene rings is 2. The molecule has 0 radical (unpaired) electrons. The summed E-state index contributed by atoms with van der Waals surface area (Å²) >= 11 is 0. The predicted molar refractivity (Wildman–Crippen MR) is 106 cm³/mol. The third-order valence-corrected chi connectivity index (χ3v) is 4.90. The zero-order valence-corrected chi connectivity index (χ0v) is 15.9. The van der Waals surface area contributed by atoms with Gasteiger partial charge in [0.2, 0.25) is 11.8 Å². The first-order valence-electron chi connectivity index (χ1n) is 9.46. The van der Waals surface area contributed by atoms with Crippen molar-refractivity contribution in [3.63, 3.8) is 0 Å². The molecule has 0 aromatic heterocycles. The first kappa shape index (κ1) is 19.1. The second-order valence-corrected chi connectivity index (χ2v) is 7.08. The van der Waals surface area contributed by atoms with Crippen LogP contribution in [0.5, 0.6) is 0 Å². The third kappa shape index (κ3) is 5.93. The van der Waals surface area contributed by atoms with Gasteiger partial charge in [-0.25, -0.2) is 0 Å². The van der Waals surface area contributed by atoms with Gasteiger partial charge in [0, 0.05) is 32.7 Å². The van der Waals surface area contributed by atoms with Gasteiger partial charge in [0.25, 0.3) is 0 Å². The highest BCUT2D eigenvalue weighted by Crippen LogP contribution is 2.08. The van der Waals surface area contributed by atoms with E-state index in [1.807, 2.05) is 66.4 Å². The highest BCUT2D eigenvalue weighted by atomic mass is 16.2. The Kier molecular flexibility index (Phi) is 6.60. The second kappa shape index (κ2) is 9.33. The lowest BCUT2D eigenvalue weighted by molar-refractivity contribution is -0.132. The van der Waals surface area contributed by atoms with Crippen molar-refractivity contribution >= 4 is 11.8 Å². The Morgan fingerprint density at radius 2 is 1.56 bits per heavy atom. The molecule has 2 amide bonds. The number of hydrogen-bond donors (Lipinski definition) is 1. The topological polar surface area (TPSA) is 52.7 Å². The lowest BCUT2D eigenvalue weighted by Gasteiger charge is -2.34. The van der Waals surface area contributed by atoms with Crippen LogP contribution in [0.15, 0.2) is 54.6 Å². The van der Waals surface area contributed by atoms with Crippen molar-refractivity contribution in [3.8, 4) is 0 Å². The van der Waals surface area contributed by atoms with Crippen LogP contribution in [-0.4, -0.2) is 54.3 Å². The molecule has 2 aromatic carbocycles. The molecule has 27 heavy (non-hydrogen) atoms. The van der Waals surface area contributed by atoms with Crippen molar-refractivity contribution in [1.29, 1.82) is 0 Å². The van der Waals surface area contributed by atoms with Crippen LogP contribution in [0.1, 0.15) is 16.7 Å². The molecule has 1 heterocycles. The van der Waals surface area contributed by atoms with Crippen LogP contribution in [0.4, 0.5) is 0 Å². The molecule has 0 bridgehead atoms. The molecule has 0 unspecified atom stereocenters. The van der Waals surface area contributed by atoms with Crippen molar-refractivity contribution < 1.29 is 9.59 Å². The van der Waals surface area contributed by atoms with E-state index in [0.717, 1.165) is 24.2 Å². The quantitative estimate of drug-likeness (QED) is 0.852. The first-order valence-corrected chi connectivity index (χ1v) is 9.46. The number of rotatable bonds is 6. The number of nitrogens with one attached hydrogen (secondary N) is 1. The lowest BCUT2D eigenvalue weighted by Crippen LogP contribution is -2.51. The molecule has 1 aliphatic heterocycles. The third-order valence-electron chi connectivity index (χ3n) is 4.90. The van der Waals surface area contributed by atoms with E-state index < -0.39 is 0 Å². The van der Waals surface area contributed by atoms with Crippen LogP contribution in [0.3, 0.4) is 0 Å². The molecule has 0 aliphatic carbocycles. The number of carbonyl (C=O) groups excluding carboxylic acids is 2. The minimum atomic E-state index is 0.0262. The van der Waals surface area contributed by atoms with E-state index in [0.29, 0.717) is 32.6 Å². The van der Waals surface area contributed by atoms with Crippen LogP contribution in [0.25, 0.3) is 0 Å². The smallest absolute Gasteiger partial charge is 0.234 e. The minimum absolute atomic E-state index is 0.0262. The molecule has 5 heteroatoms. The summed E-state index contributed by atoms with van der Waals surface area (Å²) in [4.78, 5) is 28.6. The average molecular weight is 365 g/mol. The highest BCUT2D eigenvalue weighted by Gasteiger charge is 2.22. The van der Waals surface area contributed by atoms with Crippen molar-refractivity contribution in [2.24, 2.45) is 0 Å². The Bertz CT molecular complexity index is 751. The Morgan fingerprint density at radius 3 is 2.22 bits per heavy atom. The molecule has 1 aliphatic rings. The SMILES string of the molecule is Cc1ccc(CC(=O)N2CCN(CC(=O)NCc3ccccc3)CC2)cc1. The Balaban J connectivity index is 1.38. The van der Waals surface area contributed by atoms with E-state index in [4.69, 9.17) is 0 Å². The van der Waals surface area contributed by atoms with Gasteiger partial charge in [0.15, 0.2) is 0 Å². The molecule has 142 valence electrons. The van der Waals surface area contributed by atoms with Crippen LogP contribution >= 0.6 is 0 Å². The van der Waals surface area contributed by atoms with Crippen LogP contribution < -0.4 is 5.32 Å². The Hall–Kier alpha value is -2.66. The fourth-order valence-electron chi connectivity index (χ4n) is 3.20. The Morgan fingerprint density at radius 1 is 0.889 bits per heavy atom.